The number of hydrogen-bond acceptors (Lipinski definition) is 3. The van der Waals surface area contributed by atoms with E-state index in [0.29, 0.717) is 11.5 Å². The molecule has 3 heteroatoms. The van der Waals surface area contributed by atoms with Crippen LogP contribution in [0.2, 0.25) is 0 Å². The lowest BCUT2D eigenvalue weighted by Gasteiger charge is -2.38. The highest BCUT2D eigenvalue weighted by Crippen LogP contribution is 2.23. The zero-order valence-electron chi connectivity index (χ0n) is 12.8. The first-order chi connectivity index (χ1) is 7.66. The molecule has 0 aliphatic carbocycles. The number of aliphatic hydroxyl groups excluding tert-OH is 1. The second kappa shape index (κ2) is 6.72. The molecule has 0 bridgehead atoms. The van der Waals surface area contributed by atoms with Gasteiger partial charge in [-0.1, -0.05) is 27.7 Å². The van der Waals surface area contributed by atoms with E-state index < -0.39 is 0 Å². The zero-order valence-corrected chi connectivity index (χ0v) is 12.8. The smallest absolute Gasteiger partial charge is 0.0611 e. The molecule has 0 aliphatic rings. The Balaban J connectivity index is 4.27. The number of aliphatic hydroxyl groups is 1. The summed E-state index contributed by atoms with van der Waals surface area (Å²) >= 11 is 0. The molecule has 2 atom stereocenters. The molecule has 0 saturated heterocycles. The molecule has 0 aliphatic heterocycles. The van der Waals surface area contributed by atoms with Gasteiger partial charge in [0.2, 0.25) is 0 Å². The minimum atomic E-state index is -0.152. The minimum Gasteiger partial charge on any atom is -0.394 e. The highest BCUT2D eigenvalue weighted by Gasteiger charge is 2.27. The van der Waals surface area contributed by atoms with E-state index in [0.717, 1.165) is 19.5 Å². The van der Waals surface area contributed by atoms with Crippen LogP contribution in [0, 0.1) is 5.41 Å². The average molecular weight is 244 g/mol. The fourth-order valence-corrected chi connectivity index (χ4v) is 1.93. The maximum absolute atomic E-state index is 9.45. The van der Waals surface area contributed by atoms with Crippen molar-refractivity contribution in [2.75, 3.05) is 26.7 Å². The van der Waals surface area contributed by atoms with Crippen molar-refractivity contribution in [2.24, 2.45) is 5.41 Å². The standard InChI is InChI=1S/C14H32N2O/c1-8-15-14(6,11-17)9-10-16(7)12(2)13(3,4)5/h12,15,17H,8-11H2,1-7H3. The topological polar surface area (TPSA) is 35.5 Å². The fraction of sp³-hybridized carbons (Fsp3) is 1.00. The summed E-state index contributed by atoms with van der Waals surface area (Å²) < 4.78 is 0. The molecule has 104 valence electrons. The van der Waals surface area contributed by atoms with Crippen LogP contribution in [-0.2, 0) is 0 Å². The van der Waals surface area contributed by atoms with Crippen molar-refractivity contribution in [1.82, 2.24) is 10.2 Å². The van der Waals surface area contributed by atoms with Crippen LogP contribution in [0.25, 0.3) is 0 Å². The van der Waals surface area contributed by atoms with E-state index in [4.69, 9.17) is 0 Å². The van der Waals surface area contributed by atoms with Crippen LogP contribution in [0.3, 0.4) is 0 Å². The van der Waals surface area contributed by atoms with Crippen LogP contribution >= 0.6 is 0 Å². The van der Waals surface area contributed by atoms with E-state index in [1.165, 1.54) is 0 Å². The molecule has 3 nitrogen and oxygen atoms in total. The summed E-state index contributed by atoms with van der Waals surface area (Å²) in [4.78, 5) is 2.38. The number of likely N-dealkylation sites (N-methyl/N-ethyl adjacent to an activating group) is 1. The Morgan fingerprint density at radius 3 is 2.12 bits per heavy atom. The van der Waals surface area contributed by atoms with Gasteiger partial charge in [0.25, 0.3) is 0 Å². The Hall–Kier alpha value is -0.120. The molecular formula is C14H32N2O. The molecule has 17 heavy (non-hydrogen) atoms. The summed E-state index contributed by atoms with van der Waals surface area (Å²) in [7, 11) is 2.17. The molecule has 0 aromatic rings. The van der Waals surface area contributed by atoms with Crippen molar-refractivity contribution in [1.29, 1.82) is 0 Å². The first kappa shape index (κ1) is 16.9. The van der Waals surface area contributed by atoms with Crippen molar-refractivity contribution in [3.05, 3.63) is 0 Å². The molecule has 0 rings (SSSR count). The molecule has 0 aromatic carbocycles. The first-order valence-electron chi connectivity index (χ1n) is 6.72. The third kappa shape index (κ3) is 5.84. The quantitative estimate of drug-likeness (QED) is 0.720. The van der Waals surface area contributed by atoms with Crippen molar-refractivity contribution in [3.8, 4) is 0 Å². The van der Waals surface area contributed by atoms with Crippen LogP contribution in [0.1, 0.15) is 48.0 Å². The average Bonchev–Trinajstić information content (AvgIpc) is 2.24. The Bertz CT molecular complexity index is 213. The minimum absolute atomic E-state index is 0.152. The van der Waals surface area contributed by atoms with E-state index in [1.807, 2.05) is 0 Å². The Morgan fingerprint density at radius 1 is 1.24 bits per heavy atom. The fourth-order valence-electron chi connectivity index (χ4n) is 1.93. The predicted molar refractivity (Wildman–Crippen MR) is 75.3 cm³/mol. The summed E-state index contributed by atoms with van der Waals surface area (Å²) in [5.41, 5.74) is 0.142. The molecule has 0 heterocycles. The van der Waals surface area contributed by atoms with Gasteiger partial charge in [0.1, 0.15) is 0 Å². The van der Waals surface area contributed by atoms with Gasteiger partial charge in [-0.3, -0.25) is 0 Å². The lowest BCUT2D eigenvalue weighted by atomic mass is 9.86. The highest BCUT2D eigenvalue weighted by atomic mass is 16.3. The summed E-state index contributed by atoms with van der Waals surface area (Å²) in [6, 6.07) is 0.534. The maximum Gasteiger partial charge on any atom is 0.0611 e. The maximum atomic E-state index is 9.45. The highest BCUT2D eigenvalue weighted by molar-refractivity contribution is 4.85. The van der Waals surface area contributed by atoms with Crippen molar-refractivity contribution in [2.45, 2.75) is 59.5 Å². The summed E-state index contributed by atoms with van der Waals surface area (Å²) in [6.45, 7) is 15.3. The number of nitrogens with zero attached hydrogens (tertiary/aromatic N) is 1. The molecule has 0 radical (unpaired) electrons. The molecule has 0 spiro atoms. The lowest BCUT2D eigenvalue weighted by Crippen LogP contribution is -2.49. The molecule has 0 fully saturated rings. The summed E-state index contributed by atoms with van der Waals surface area (Å²) in [5, 5.41) is 12.8. The van der Waals surface area contributed by atoms with Crippen molar-refractivity contribution >= 4 is 0 Å². The van der Waals surface area contributed by atoms with E-state index in [1.54, 1.807) is 0 Å². The van der Waals surface area contributed by atoms with Gasteiger partial charge >= 0.3 is 0 Å². The molecular weight excluding hydrogens is 212 g/mol. The molecule has 0 aromatic heterocycles. The van der Waals surface area contributed by atoms with Crippen LogP contribution in [0.4, 0.5) is 0 Å². The Kier molecular flexibility index (Phi) is 6.67. The van der Waals surface area contributed by atoms with Crippen LogP contribution in [0.15, 0.2) is 0 Å². The van der Waals surface area contributed by atoms with E-state index in [-0.39, 0.29) is 12.1 Å². The third-order valence-corrected chi connectivity index (χ3v) is 3.88. The van der Waals surface area contributed by atoms with Crippen LogP contribution in [0.5, 0.6) is 0 Å². The van der Waals surface area contributed by atoms with Crippen molar-refractivity contribution in [3.63, 3.8) is 0 Å². The van der Waals surface area contributed by atoms with Crippen LogP contribution < -0.4 is 5.32 Å². The van der Waals surface area contributed by atoms with E-state index >= 15 is 0 Å². The zero-order chi connectivity index (χ0) is 13.7. The van der Waals surface area contributed by atoms with Gasteiger partial charge in [0, 0.05) is 11.6 Å². The largest absolute Gasteiger partial charge is 0.394 e. The lowest BCUT2D eigenvalue weighted by molar-refractivity contribution is 0.109. The predicted octanol–water partition coefficient (Wildman–Crippen LogP) is 2.10. The normalized spacial score (nSPS) is 18.2. The first-order valence-corrected chi connectivity index (χ1v) is 6.72. The number of rotatable bonds is 7. The van der Waals surface area contributed by atoms with E-state index in [9.17, 15) is 5.11 Å². The third-order valence-electron chi connectivity index (χ3n) is 3.88. The molecule has 0 saturated carbocycles. The van der Waals surface area contributed by atoms with E-state index in [2.05, 4.69) is 58.8 Å². The van der Waals surface area contributed by atoms with Gasteiger partial charge in [-0.25, -0.2) is 0 Å². The number of nitrogens with one attached hydrogen (secondary N) is 1. The molecule has 2 unspecified atom stereocenters. The van der Waals surface area contributed by atoms with Gasteiger partial charge in [-0.05, 0) is 45.8 Å². The molecule has 2 N–H and O–H groups in total. The second-order valence-electron chi connectivity index (χ2n) is 6.52. The second-order valence-corrected chi connectivity index (χ2v) is 6.52. The molecule has 0 amide bonds. The Morgan fingerprint density at radius 2 is 1.76 bits per heavy atom. The van der Waals surface area contributed by atoms with Gasteiger partial charge in [0.15, 0.2) is 0 Å². The Labute approximate surface area is 108 Å². The van der Waals surface area contributed by atoms with Gasteiger partial charge < -0.3 is 15.3 Å². The van der Waals surface area contributed by atoms with Gasteiger partial charge in [0.05, 0.1) is 6.61 Å². The van der Waals surface area contributed by atoms with Crippen molar-refractivity contribution < 1.29 is 5.11 Å². The number of hydrogen-bond donors (Lipinski definition) is 2. The summed E-state index contributed by atoms with van der Waals surface area (Å²) in [6.07, 6.45) is 0.967. The van der Waals surface area contributed by atoms with Gasteiger partial charge in [-0.15, -0.1) is 0 Å². The van der Waals surface area contributed by atoms with Crippen LogP contribution in [-0.4, -0.2) is 48.3 Å². The summed E-state index contributed by atoms with van der Waals surface area (Å²) in [5.74, 6) is 0. The monoisotopic (exact) mass is 244 g/mol. The van der Waals surface area contributed by atoms with Gasteiger partial charge in [-0.2, -0.15) is 0 Å². The SMILES string of the molecule is CCNC(C)(CO)CCN(C)C(C)C(C)(C)C.